The molecule has 0 aliphatic heterocycles. The van der Waals surface area contributed by atoms with Crippen LogP contribution in [-0.2, 0) is 0 Å². The van der Waals surface area contributed by atoms with Gasteiger partial charge >= 0.3 is 0 Å². The van der Waals surface area contributed by atoms with E-state index in [1.807, 2.05) is 49.1 Å². The van der Waals surface area contributed by atoms with Crippen molar-refractivity contribution >= 4 is 11.4 Å². The van der Waals surface area contributed by atoms with Crippen LogP contribution in [0.2, 0.25) is 0 Å². The van der Waals surface area contributed by atoms with Crippen LogP contribution in [0.4, 0.5) is 15.8 Å². The third kappa shape index (κ3) is 2.76. The zero-order valence-corrected chi connectivity index (χ0v) is 11.3. The van der Waals surface area contributed by atoms with Gasteiger partial charge in [-0.25, -0.2) is 4.39 Å². The zero-order chi connectivity index (χ0) is 13.8. The van der Waals surface area contributed by atoms with Gasteiger partial charge in [0.05, 0.1) is 5.69 Å². The molecule has 2 nitrogen and oxygen atoms in total. The van der Waals surface area contributed by atoms with Crippen molar-refractivity contribution in [1.29, 1.82) is 0 Å². The topological polar surface area (TPSA) is 29.3 Å². The third-order valence-electron chi connectivity index (χ3n) is 3.18. The van der Waals surface area contributed by atoms with E-state index in [4.69, 9.17) is 5.73 Å². The molecule has 0 aliphatic rings. The lowest BCUT2D eigenvalue weighted by atomic mass is 10.1. The third-order valence-corrected chi connectivity index (χ3v) is 3.18. The van der Waals surface area contributed by atoms with Gasteiger partial charge in [-0.3, -0.25) is 0 Å². The van der Waals surface area contributed by atoms with Gasteiger partial charge in [0.15, 0.2) is 0 Å². The quantitative estimate of drug-likeness (QED) is 0.898. The molecule has 1 unspecified atom stereocenters. The van der Waals surface area contributed by atoms with Gasteiger partial charge in [-0.15, -0.1) is 0 Å². The fraction of sp³-hybridized carbons (Fsp3) is 0.250. The molecule has 2 N–H and O–H groups in total. The van der Waals surface area contributed by atoms with E-state index in [0.717, 1.165) is 11.3 Å². The first-order valence-corrected chi connectivity index (χ1v) is 6.51. The minimum absolute atomic E-state index is 0.0861. The fourth-order valence-electron chi connectivity index (χ4n) is 2.26. The summed E-state index contributed by atoms with van der Waals surface area (Å²) in [5.41, 5.74) is 8.57. The number of rotatable bonds is 4. The summed E-state index contributed by atoms with van der Waals surface area (Å²) in [6.45, 7) is 4.63. The van der Waals surface area contributed by atoms with Crippen molar-refractivity contribution in [3.63, 3.8) is 0 Å². The standard InChI is InChI=1S/C16H19FN2/c1-3-19(16-11-7-5-9-14(16)17)15-10-6-4-8-13(15)12(2)18/h4-12H,3,18H2,1-2H3. The first-order valence-electron chi connectivity index (χ1n) is 6.51. The molecule has 0 saturated heterocycles. The number of nitrogens with zero attached hydrogens (tertiary/aromatic N) is 1. The number of halogens is 1. The monoisotopic (exact) mass is 258 g/mol. The van der Waals surface area contributed by atoms with Crippen LogP contribution in [-0.4, -0.2) is 6.54 Å². The van der Waals surface area contributed by atoms with E-state index in [9.17, 15) is 4.39 Å². The van der Waals surface area contributed by atoms with Crippen molar-refractivity contribution in [2.45, 2.75) is 19.9 Å². The van der Waals surface area contributed by atoms with Crippen LogP contribution in [0.25, 0.3) is 0 Å². The van der Waals surface area contributed by atoms with Crippen LogP contribution in [0.3, 0.4) is 0 Å². The summed E-state index contributed by atoms with van der Waals surface area (Å²) in [6, 6.07) is 14.6. The molecule has 0 radical (unpaired) electrons. The molecule has 0 bridgehead atoms. The average Bonchev–Trinajstić information content (AvgIpc) is 2.42. The Balaban J connectivity index is 2.52. The Bertz CT molecular complexity index is 552. The molecule has 19 heavy (non-hydrogen) atoms. The Morgan fingerprint density at radius 1 is 1.05 bits per heavy atom. The second-order valence-corrected chi connectivity index (χ2v) is 4.54. The average molecular weight is 258 g/mol. The number of nitrogens with two attached hydrogens (primary N) is 1. The van der Waals surface area contributed by atoms with Crippen LogP contribution in [0.1, 0.15) is 25.5 Å². The van der Waals surface area contributed by atoms with Crippen molar-refractivity contribution in [1.82, 2.24) is 0 Å². The highest BCUT2D eigenvalue weighted by atomic mass is 19.1. The van der Waals surface area contributed by atoms with Gasteiger partial charge < -0.3 is 10.6 Å². The Kier molecular flexibility index (Phi) is 4.17. The highest BCUT2D eigenvalue weighted by molar-refractivity contribution is 5.67. The van der Waals surface area contributed by atoms with Crippen LogP contribution in [0, 0.1) is 5.82 Å². The van der Waals surface area contributed by atoms with E-state index in [-0.39, 0.29) is 11.9 Å². The molecule has 0 fully saturated rings. The maximum absolute atomic E-state index is 14.0. The largest absolute Gasteiger partial charge is 0.339 e. The highest BCUT2D eigenvalue weighted by Gasteiger charge is 2.16. The molecule has 0 aliphatic carbocycles. The first kappa shape index (κ1) is 13.6. The van der Waals surface area contributed by atoms with Crippen molar-refractivity contribution < 1.29 is 4.39 Å². The number of benzene rings is 2. The highest BCUT2D eigenvalue weighted by Crippen LogP contribution is 2.32. The van der Waals surface area contributed by atoms with Gasteiger partial charge in [0.25, 0.3) is 0 Å². The van der Waals surface area contributed by atoms with Gasteiger partial charge in [0, 0.05) is 18.3 Å². The second-order valence-electron chi connectivity index (χ2n) is 4.54. The van der Waals surface area contributed by atoms with Crippen molar-refractivity contribution in [3.05, 3.63) is 59.9 Å². The summed E-state index contributed by atoms with van der Waals surface area (Å²) in [4.78, 5) is 1.95. The normalized spacial score (nSPS) is 12.2. The summed E-state index contributed by atoms with van der Waals surface area (Å²) in [6.07, 6.45) is 0. The summed E-state index contributed by atoms with van der Waals surface area (Å²) in [5, 5.41) is 0. The number of para-hydroxylation sites is 2. The maximum atomic E-state index is 14.0. The maximum Gasteiger partial charge on any atom is 0.146 e. The van der Waals surface area contributed by atoms with Crippen molar-refractivity contribution in [3.8, 4) is 0 Å². The Morgan fingerprint density at radius 2 is 1.63 bits per heavy atom. The number of hydrogen-bond acceptors (Lipinski definition) is 2. The molecule has 100 valence electrons. The molecular weight excluding hydrogens is 239 g/mol. The number of hydrogen-bond donors (Lipinski definition) is 1. The lowest BCUT2D eigenvalue weighted by molar-refractivity contribution is 0.625. The van der Waals surface area contributed by atoms with E-state index in [1.165, 1.54) is 6.07 Å². The molecule has 2 rings (SSSR count). The van der Waals surface area contributed by atoms with Gasteiger partial charge in [0.2, 0.25) is 0 Å². The van der Waals surface area contributed by atoms with Crippen LogP contribution < -0.4 is 10.6 Å². The van der Waals surface area contributed by atoms with Crippen LogP contribution in [0.15, 0.2) is 48.5 Å². The molecular formula is C16H19FN2. The molecule has 0 heterocycles. The number of anilines is 2. The van der Waals surface area contributed by atoms with Crippen LogP contribution >= 0.6 is 0 Å². The Hall–Kier alpha value is -1.87. The van der Waals surface area contributed by atoms with E-state index in [1.54, 1.807) is 12.1 Å². The van der Waals surface area contributed by atoms with Gasteiger partial charge in [-0.2, -0.15) is 0 Å². The van der Waals surface area contributed by atoms with E-state index >= 15 is 0 Å². The molecule has 0 spiro atoms. The van der Waals surface area contributed by atoms with Gasteiger partial charge in [-0.1, -0.05) is 30.3 Å². The van der Waals surface area contributed by atoms with Crippen molar-refractivity contribution in [2.75, 3.05) is 11.4 Å². The zero-order valence-electron chi connectivity index (χ0n) is 11.3. The Labute approximate surface area is 113 Å². The molecule has 0 aromatic heterocycles. The summed E-state index contributed by atoms with van der Waals surface area (Å²) >= 11 is 0. The first-order chi connectivity index (χ1) is 9.15. The summed E-state index contributed by atoms with van der Waals surface area (Å²) in [7, 11) is 0. The predicted octanol–water partition coefficient (Wildman–Crippen LogP) is 4.00. The smallest absolute Gasteiger partial charge is 0.146 e. The summed E-state index contributed by atoms with van der Waals surface area (Å²) in [5.74, 6) is -0.219. The SMILES string of the molecule is CCN(c1ccccc1F)c1ccccc1C(C)N. The molecule has 1 atom stereocenters. The van der Waals surface area contributed by atoms with Gasteiger partial charge in [0.1, 0.15) is 5.82 Å². The lowest BCUT2D eigenvalue weighted by Crippen LogP contribution is -2.20. The Morgan fingerprint density at radius 3 is 2.21 bits per heavy atom. The molecule has 2 aromatic rings. The van der Waals surface area contributed by atoms with E-state index in [0.29, 0.717) is 12.2 Å². The molecule has 0 saturated carbocycles. The van der Waals surface area contributed by atoms with Crippen LogP contribution in [0.5, 0.6) is 0 Å². The molecule has 0 amide bonds. The fourth-order valence-corrected chi connectivity index (χ4v) is 2.26. The summed E-state index contributed by atoms with van der Waals surface area (Å²) < 4.78 is 14.0. The lowest BCUT2D eigenvalue weighted by Gasteiger charge is -2.27. The second kappa shape index (κ2) is 5.85. The minimum atomic E-state index is -0.219. The molecule has 2 aromatic carbocycles. The van der Waals surface area contributed by atoms with Gasteiger partial charge in [-0.05, 0) is 37.6 Å². The van der Waals surface area contributed by atoms with E-state index < -0.39 is 0 Å². The van der Waals surface area contributed by atoms with Crippen molar-refractivity contribution in [2.24, 2.45) is 5.73 Å². The minimum Gasteiger partial charge on any atom is -0.339 e. The molecule has 3 heteroatoms. The predicted molar refractivity (Wildman–Crippen MR) is 78.1 cm³/mol. The van der Waals surface area contributed by atoms with E-state index in [2.05, 4.69) is 0 Å².